The average Bonchev–Trinajstić information content (AvgIpc) is 2.39. The minimum absolute atomic E-state index is 0.662. The molecule has 0 fully saturated rings. The molecule has 0 unspecified atom stereocenters. The predicted octanol–water partition coefficient (Wildman–Crippen LogP) is 1.43. The van der Waals surface area contributed by atoms with Gasteiger partial charge in [0.2, 0.25) is 0 Å². The van der Waals surface area contributed by atoms with Gasteiger partial charge in [0, 0.05) is 18.1 Å². The van der Waals surface area contributed by atoms with Gasteiger partial charge in [0.15, 0.2) is 0 Å². The quantitative estimate of drug-likeness (QED) is 0.492. The molecule has 1 heterocycles. The number of carbonyl (C=O) groups is 1. The molecule has 0 saturated carbocycles. The van der Waals surface area contributed by atoms with Gasteiger partial charge in [-0.2, -0.15) is 0 Å². The molecule has 0 atom stereocenters. The van der Waals surface area contributed by atoms with E-state index in [2.05, 4.69) is 11.4 Å². The molecule has 1 aromatic heterocycles. The van der Waals surface area contributed by atoms with Crippen LogP contribution in [0.15, 0.2) is 16.4 Å². The van der Waals surface area contributed by atoms with Crippen LogP contribution in [0.1, 0.15) is 10.4 Å². The van der Waals surface area contributed by atoms with Crippen molar-refractivity contribution in [1.29, 1.82) is 0 Å². The van der Waals surface area contributed by atoms with Crippen molar-refractivity contribution in [3.63, 3.8) is 0 Å². The molecule has 11 heavy (non-hydrogen) atoms. The summed E-state index contributed by atoms with van der Waals surface area (Å²) in [7, 11) is 1.70. The molecule has 0 bridgehead atoms. The first kappa shape index (κ1) is 8.14. The van der Waals surface area contributed by atoms with Crippen LogP contribution in [0.2, 0.25) is 0 Å². The first-order valence-corrected chi connectivity index (χ1v) is 3.96. The van der Waals surface area contributed by atoms with Gasteiger partial charge in [-0.15, -0.1) is 11.3 Å². The number of aliphatic imine (C=N–C) groups is 1. The van der Waals surface area contributed by atoms with Crippen molar-refractivity contribution in [2.45, 2.75) is 0 Å². The highest BCUT2D eigenvalue weighted by atomic mass is 32.1. The lowest BCUT2D eigenvalue weighted by molar-refractivity contribution is -0.104. The smallest absolute Gasteiger partial charge is 0.133 e. The molecular formula is C8H7NOS. The van der Waals surface area contributed by atoms with Crippen LogP contribution in [0.5, 0.6) is 0 Å². The van der Waals surface area contributed by atoms with Crippen LogP contribution in [0, 0.1) is 6.42 Å². The van der Waals surface area contributed by atoms with E-state index in [1.165, 1.54) is 0 Å². The summed E-state index contributed by atoms with van der Waals surface area (Å²) in [6.07, 6.45) is 4.96. The van der Waals surface area contributed by atoms with Crippen LogP contribution < -0.4 is 0 Å². The summed E-state index contributed by atoms with van der Waals surface area (Å²) in [4.78, 5) is 14.9. The van der Waals surface area contributed by atoms with Crippen LogP contribution in [0.4, 0.5) is 0 Å². The van der Waals surface area contributed by atoms with E-state index in [1.54, 1.807) is 24.6 Å². The molecule has 0 aliphatic heterocycles. The van der Waals surface area contributed by atoms with Gasteiger partial charge in [-0.1, -0.05) is 0 Å². The second-order valence-corrected chi connectivity index (χ2v) is 2.80. The molecule has 0 aromatic carbocycles. The number of nitrogens with zero attached hydrogens (tertiary/aromatic N) is 1. The molecule has 0 amide bonds. The summed E-state index contributed by atoms with van der Waals surface area (Å²) < 4.78 is 0. The zero-order chi connectivity index (χ0) is 8.10. The van der Waals surface area contributed by atoms with Crippen molar-refractivity contribution >= 4 is 23.8 Å². The molecule has 0 saturated heterocycles. The van der Waals surface area contributed by atoms with Gasteiger partial charge in [0.25, 0.3) is 0 Å². The maximum Gasteiger partial charge on any atom is 0.133 e. The number of thiophene rings is 1. The van der Waals surface area contributed by atoms with E-state index in [4.69, 9.17) is 0 Å². The van der Waals surface area contributed by atoms with Crippen LogP contribution in [-0.4, -0.2) is 19.5 Å². The second-order valence-electron chi connectivity index (χ2n) is 1.85. The monoisotopic (exact) mass is 165 g/mol. The van der Waals surface area contributed by atoms with Gasteiger partial charge in [-0.05, 0) is 17.0 Å². The van der Waals surface area contributed by atoms with Gasteiger partial charge >= 0.3 is 0 Å². The number of rotatable bonds is 3. The Bertz CT molecular complexity index is 265. The third kappa shape index (κ3) is 1.98. The average molecular weight is 165 g/mol. The van der Waals surface area contributed by atoms with Crippen molar-refractivity contribution < 1.29 is 4.79 Å². The molecule has 0 aliphatic rings. The Morgan fingerprint density at radius 1 is 1.73 bits per heavy atom. The highest BCUT2D eigenvalue weighted by molar-refractivity contribution is 7.12. The van der Waals surface area contributed by atoms with Crippen molar-refractivity contribution in [2.24, 2.45) is 4.99 Å². The zero-order valence-electron chi connectivity index (χ0n) is 6.07. The highest BCUT2D eigenvalue weighted by Crippen LogP contribution is 2.15. The topological polar surface area (TPSA) is 29.4 Å². The minimum Gasteiger partial charge on any atom is -0.302 e. The van der Waals surface area contributed by atoms with E-state index in [0.717, 1.165) is 10.4 Å². The van der Waals surface area contributed by atoms with Gasteiger partial charge in [-0.3, -0.25) is 4.99 Å². The maximum atomic E-state index is 10.1. The van der Waals surface area contributed by atoms with E-state index in [0.29, 0.717) is 6.29 Å². The molecule has 0 N–H and O–H groups in total. The second kappa shape index (κ2) is 4.03. The summed E-state index contributed by atoms with van der Waals surface area (Å²) in [6, 6.07) is 1.84. The van der Waals surface area contributed by atoms with Gasteiger partial charge < -0.3 is 4.79 Å². The molecular weight excluding hydrogens is 158 g/mol. The van der Waals surface area contributed by atoms with Crippen molar-refractivity contribution in [2.75, 3.05) is 7.05 Å². The number of hydrogen-bond donors (Lipinski definition) is 0. The van der Waals surface area contributed by atoms with Crippen molar-refractivity contribution in [3.05, 3.63) is 28.3 Å². The van der Waals surface area contributed by atoms with Crippen LogP contribution in [0.3, 0.4) is 0 Å². The Labute approximate surface area is 69.6 Å². The maximum absolute atomic E-state index is 10.1. The fourth-order valence-electron chi connectivity index (χ4n) is 0.721. The van der Waals surface area contributed by atoms with E-state index in [9.17, 15) is 4.79 Å². The summed E-state index contributed by atoms with van der Waals surface area (Å²) >= 11 is 1.54. The highest BCUT2D eigenvalue weighted by Gasteiger charge is 2.00. The molecule has 0 spiro atoms. The molecule has 3 heteroatoms. The fraction of sp³-hybridized carbons (Fsp3) is 0.125. The fourth-order valence-corrected chi connectivity index (χ4v) is 1.49. The number of aldehydes is 1. The van der Waals surface area contributed by atoms with Crippen LogP contribution >= 0.6 is 11.3 Å². The van der Waals surface area contributed by atoms with Crippen molar-refractivity contribution in [1.82, 2.24) is 0 Å². The van der Waals surface area contributed by atoms with Gasteiger partial charge in [0.1, 0.15) is 6.29 Å². The van der Waals surface area contributed by atoms with Crippen molar-refractivity contribution in [3.8, 4) is 0 Å². The molecule has 1 aromatic rings. The summed E-state index contributed by atoms with van der Waals surface area (Å²) in [6.45, 7) is 0. The lowest BCUT2D eigenvalue weighted by atomic mass is 10.2. The zero-order valence-corrected chi connectivity index (χ0v) is 6.89. The van der Waals surface area contributed by atoms with Crippen LogP contribution in [0.25, 0.3) is 0 Å². The van der Waals surface area contributed by atoms with E-state index < -0.39 is 0 Å². The first-order valence-electron chi connectivity index (χ1n) is 3.08. The predicted molar refractivity (Wildman–Crippen MR) is 46.2 cm³/mol. The molecule has 56 valence electrons. The Kier molecular flexibility index (Phi) is 2.98. The van der Waals surface area contributed by atoms with E-state index in [1.807, 2.05) is 11.4 Å². The standard InChI is InChI=1S/C8H7NOS/c1-9-6-8-7(2-4-10)3-5-11-8/h3-6H,1H3. The third-order valence-corrected chi connectivity index (χ3v) is 2.01. The number of hydrogen-bond acceptors (Lipinski definition) is 3. The SMILES string of the molecule is CN=Cc1sccc1[C]C=O. The van der Waals surface area contributed by atoms with Gasteiger partial charge in [-0.25, -0.2) is 0 Å². The summed E-state index contributed by atoms with van der Waals surface area (Å²) in [5.41, 5.74) is 0.815. The Hall–Kier alpha value is -0.960. The number of carbonyl (C=O) groups excluding carboxylic acids is 1. The normalized spacial score (nSPS) is 10.6. The Balaban J connectivity index is 2.86. The molecule has 0 aliphatic carbocycles. The lowest BCUT2D eigenvalue weighted by Crippen LogP contribution is -1.84. The Morgan fingerprint density at radius 3 is 3.18 bits per heavy atom. The lowest BCUT2D eigenvalue weighted by Gasteiger charge is -1.88. The molecule has 2 nitrogen and oxygen atoms in total. The third-order valence-electron chi connectivity index (χ3n) is 1.16. The summed E-state index contributed by atoms with van der Waals surface area (Å²) in [5, 5.41) is 1.91. The summed E-state index contributed by atoms with van der Waals surface area (Å²) in [5.74, 6) is 0. The minimum atomic E-state index is 0.662. The van der Waals surface area contributed by atoms with E-state index >= 15 is 0 Å². The van der Waals surface area contributed by atoms with E-state index in [-0.39, 0.29) is 0 Å². The molecule has 2 radical (unpaired) electrons. The Morgan fingerprint density at radius 2 is 2.55 bits per heavy atom. The largest absolute Gasteiger partial charge is 0.302 e. The van der Waals surface area contributed by atoms with Gasteiger partial charge in [0.05, 0.1) is 6.42 Å². The van der Waals surface area contributed by atoms with Crippen LogP contribution in [-0.2, 0) is 4.79 Å². The first-order chi connectivity index (χ1) is 5.38. The molecule has 1 rings (SSSR count).